The topological polar surface area (TPSA) is 112 Å². The maximum absolute atomic E-state index is 12.8. The number of rotatable bonds is 3. The molecule has 1 N–H and O–H groups in total. The number of aromatic amines is 1. The van der Waals surface area contributed by atoms with Gasteiger partial charge >= 0.3 is 5.76 Å². The molecule has 4 rings (SSSR count). The Labute approximate surface area is 146 Å². The van der Waals surface area contributed by atoms with Crippen LogP contribution in [0.15, 0.2) is 32.3 Å². The van der Waals surface area contributed by atoms with E-state index >= 15 is 0 Å². The van der Waals surface area contributed by atoms with E-state index < -0.39 is 15.8 Å². The molecule has 11 heteroatoms. The Morgan fingerprint density at radius 2 is 1.96 bits per heavy atom. The van der Waals surface area contributed by atoms with Gasteiger partial charge in [0.1, 0.15) is 5.01 Å². The maximum Gasteiger partial charge on any atom is 0.417 e. The van der Waals surface area contributed by atoms with E-state index in [1.807, 2.05) is 11.8 Å². The van der Waals surface area contributed by atoms with Crippen LogP contribution in [0.2, 0.25) is 0 Å². The zero-order valence-electron chi connectivity index (χ0n) is 13.3. The highest BCUT2D eigenvalue weighted by Crippen LogP contribution is 2.24. The lowest BCUT2D eigenvalue weighted by Gasteiger charge is -2.33. The van der Waals surface area contributed by atoms with Gasteiger partial charge in [0.25, 0.3) is 0 Å². The van der Waals surface area contributed by atoms with Gasteiger partial charge in [-0.15, -0.1) is 10.2 Å². The van der Waals surface area contributed by atoms with E-state index in [2.05, 4.69) is 15.2 Å². The van der Waals surface area contributed by atoms with Crippen molar-refractivity contribution >= 4 is 37.6 Å². The van der Waals surface area contributed by atoms with Gasteiger partial charge in [-0.05, 0) is 19.1 Å². The molecule has 1 aliphatic heterocycles. The van der Waals surface area contributed by atoms with Crippen molar-refractivity contribution in [3.63, 3.8) is 0 Å². The van der Waals surface area contributed by atoms with Crippen LogP contribution in [-0.4, -0.2) is 54.1 Å². The van der Waals surface area contributed by atoms with Crippen LogP contribution < -0.4 is 10.7 Å². The zero-order chi connectivity index (χ0) is 17.6. The van der Waals surface area contributed by atoms with Crippen LogP contribution in [0.3, 0.4) is 0 Å². The van der Waals surface area contributed by atoms with Crippen LogP contribution in [-0.2, 0) is 10.0 Å². The number of benzene rings is 1. The molecule has 0 radical (unpaired) electrons. The van der Waals surface area contributed by atoms with Crippen molar-refractivity contribution in [1.82, 2.24) is 19.5 Å². The average Bonchev–Trinajstić information content (AvgIpc) is 3.18. The molecule has 9 nitrogen and oxygen atoms in total. The summed E-state index contributed by atoms with van der Waals surface area (Å²) in [6, 6.07) is 4.39. The fourth-order valence-electron chi connectivity index (χ4n) is 2.77. The minimum Gasteiger partial charge on any atom is -0.408 e. The number of oxazole rings is 1. The summed E-state index contributed by atoms with van der Waals surface area (Å²) in [5.74, 6) is -0.606. The van der Waals surface area contributed by atoms with Crippen LogP contribution in [0.25, 0.3) is 11.1 Å². The summed E-state index contributed by atoms with van der Waals surface area (Å²) in [5, 5.41) is 9.79. The molecule has 3 heterocycles. The molecule has 0 aliphatic carbocycles. The molecule has 0 amide bonds. The first-order valence-electron chi connectivity index (χ1n) is 7.61. The number of aryl methyl sites for hydroxylation is 1. The maximum atomic E-state index is 12.8. The van der Waals surface area contributed by atoms with Crippen molar-refractivity contribution in [3.8, 4) is 0 Å². The molecule has 1 saturated heterocycles. The minimum atomic E-state index is -3.65. The Morgan fingerprint density at radius 3 is 2.64 bits per heavy atom. The number of nitrogens with zero attached hydrogens (tertiary/aromatic N) is 4. The molecule has 132 valence electrons. The van der Waals surface area contributed by atoms with E-state index in [1.165, 1.54) is 33.8 Å². The Balaban J connectivity index is 1.55. The summed E-state index contributed by atoms with van der Waals surface area (Å²) in [6.45, 7) is 3.70. The Morgan fingerprint density at radius 1 is 1.20 bits per heavy atom. The predicted octanol–water partition coefficient (Wildman–Crippen LogP) is 0.792. The van der Waals surface area contributed by atoms with Gasteiger partial charge in [0.15, 0.2) is 5.58 Å². The molecule has 0 saturated carbocycles. The number of hydrogen-bond donors (Lipinski definition) is 1. The van der Waals surface area contributed by atoms with Gasteiger partial charge in [0.05, 0.1) is 10.4 Å². The first-order valence-corrected chi connectivity index (χ1v) is 9.87. The van der Waals surface area contributed by atoms with Crippen LogP contribution >= 0.6 is 11.3 Å². The molecule has 0 atom stereocenters. The third-order valence-electron chi connectivity index (χ3n) is 4.05. The summed E-state index contributed by atoms with van der Waals surface area (Å²) < 4.78 is 32.1. The second-order valence-corrected chi connectivity index (χ2v) is 8.77. The number of hydrogen-bond acceptors (Lipinski definition) is 8. The van der Waals surface area contributed by atoms with E-state index in [1.54, 1.807) is 0 Å². The molecule has 1 fully saturated rings. The monoisotopic (exact) mass is 381 g/mol. The van der Waals surface area contributed by atoms with E-state index in [9.17, 15) is 13.2 Å². The van der Waals surface area contributed by atoms with E-state index in [-0.39, 0.29) is 10.5 Å². The lowest BCUT2D eigenvalue weighted by Crippen LogP contribution is -2.48. The number of fused-ring (bicyclic) bond motifs is 1. The highest BCUT2D eigenvalue weighted by molar-refractivity contribution is 7.89. The number of sulfonamides is 1. The average molecular weight is 381 g/mol. The van der Waals surface area contributed by atoms with Crippen molar-refractivity contribution in [3.05, 3.63) is 33.8 Å². The van der Waals surface area contributed by atoms with Crippen LogP contribution in [0, 0.1) is 6.92 Å². The summed E-state index contributed by atoms with van der Waals surface area (Å²) in [7, 11) is -3.65. The molecule has 2 aromatic heterocycles. The SMILES string of the molecule is Cc1nnc(N2CCN(S(=O)(=O)c3ccc4[nH]c(=O)oc4c3)CC2)s1. The highest BCUT2D eigenvalue weighted by atomic mass is 32.2. The predicted molar refractivity (Wildman–Crippen MR) is 92.5 cm³/mol. The van der Waals surface area contributed by atoms with Gasteiger partial charge in [-0.2, -0.15) is 4.31 Å². The smallest absolute Gasteiger partial charge is 0.408 e. The fraction of sp³-hybridized carbons (Fsp3) is 0.357. The van der Waals surface area contributed by atoms with Gasteiger partial charge in [0, 0.05) is 32.2 Å². The van der Waals surface area contributed by atoms with Crippen molar-refractivity contribution in [1.29, 1.82) is 0 Å². The summed E-state index contributed by atoms with van der Waals surface area (Å²) >= 11 is 1.49. The second-order valence-electron chi connectivity index (χ2n) is 5.67. The number of nitrogens with one attached hydrogen (secondary N) is 1. The summed E-state index contributed by atoms with van der Waals surface area (Å²) in [4.78, 5) is 15.9. The van der Waals surface area contributed by atoms with Crippen molar-refractivity contribution in [2.24, 2.45) is 0 Å². The van der Waals surface area contributed by atoms with Gasteiger partial charge < -0.3 is 9.32 Å². The molecule has 0 spiro atoms. The molecule has 3 aromatic rings. The second kappa shape index (κ2) is 5.93. The fourth-order valence-corrected chi connectivity index (χ4v) is 4.95. The highest BCUT2D eigenvalue weighted by Gasteiger charge is 2.30. The molecular weight excluding hydrogens is 366 g/mol. The molecule has 0 bridgehead atoms. The van der Waals surface area contributed by atoms with E-state index in [4.69, 9.17) is 4.42 Å². The summed E-state index contributed by atoms with van der Waals surface area (Å²) in [6.07, 6.45) is 0. The number of aromatic nitrogens is 3. The number of piperazine rings is 1. The van der Waals surface area contributed by atoms with Crippen LogP contribution in [0.1, 0.15) is 5.01 Å². The van der Waals surface area contributed by atoms with Crippen molar-refractivity contribution in [2.45, 2.75) is 11.8 Å². The minimum absolute atomic E-state index is 0.114. The lowest BCUT2D eigenvalue weighted by atomic mass is 10.3. The lowest BCUT2D eigenvalue weighted by molar-refractivity contribution is 0.384. The number of anilines is 1. The summed E-state index contributed by atoms with van der Waals surface area (Å²) in [5.41, 5.74) is 0.703. The Hall–Kier alpha value is -2.24. The third-order valence-corrected chi connectivity index (χ3v) is 6.85. The van der Waals surface area contributed by atoms with Crippen molar-refractivity contribution in [2.75, 3.05) is 31.1 Å². The van der Waals surface area contributed by atoms with E-state index in [0.29, 0.717) is 31.7 Å². The quantitative estimate of drug-likeness (QED) is 0.714. The van der Waals surface area contributed by atoms with Crippen LogP contribution in [0.4, 0.5) is 5.13 Å². The molecule has 1 aromatic carbocycles. The van der Waals surface area contributed by atoms with Gasteiger partial charge in [-0.25, -0.2) is 13.2 Å². The normalized spacial score (nSPS) is 16.6. The van der Waals surface area contributed by atoms with Crippen LogP contribution in [0.5, 0.6) is 0 Å². The first kappa shape index (κ1) is 16.2. The Bertz CT molecular complexity index is 1080. The van der Waals surface area contributed by atoms with Gasteiger partial charge in [-0.3, -0.25) is 4.98 Å². The Kier molecular flexibility index (Phi) is 3.85. The third kappa shape index (κ3) is 2.94. The first-order chi connectivity index (χ1) is 11.9. The standard InChI is InChI=1S/C14H15N5O4S2/c1-9-16-17-13(24-9)18-4-6-19(7-5-18)25(21,22)10-2-3-11-12(8-10)23-14(20)15-11/h2-3,8H,4-7H2,1H3,(H,15,20). The molecule has 0 unspecified atom stereocenters. The largest absolute Gasteiger partial charge is 0.417 e. The number of H-pyrrole nitrogens is 1. The van der Waals surface area contributed by atoms with Gasteiger partial charge in [-0.1, -0.05) is 11.3 Å². The molecular formula is C14H15N5O4S2. The zero-order valence-corrected chi connectivity index (χ0v) is 14.9. The molecule has 25 heavy (non-hydrogen) atoms. The van der Waals surface area contributed by atoms with E-state index in [0.717, 1.165) is 10.1 Å². The molecule has 1 aliphatic rings. The van der Waals surface area contributed by atoms with Gasteiger partial charge in [0.2, 0.25) is 15.2 Å². The van der Waals surface area contributed by atoms with Crippen molar-refractivity contribution < 1.29 is 12.8 Å².